The van der Waals surface area contributed by atoms with Crippen LogP contribution in [0, 0.1) is 10.1 Å². The van der Waals surface area contributed by atoms with Crippen LogP contribution in [0.2, 0.25) is 0 Å². The molecule has 2 aromatic carbocycles. The van der Waals surface area contributed by atoms with E-state index >= 15 is 0 Å². The number of fused-ring (bicyclic) bond motifs is 1. The molecule has 2 amide bonds. The van der Waals surface area contributed by atoms with Crippen LogP contribution >= 0.6 is 0 Å². The molecule has 0 unspecified atom stereocenters. The number of anilines is 1. The number of non-ortho nitro benzene ring substituents is 1. The molecule has 1 aliphatic rings. The van der Waals surface area contributed by atoms with Crippen molar-refractivity contribution in [3.05, 3.63) is 69.3 Å². The molecule has 9 nitrogen and oxygen atoms in total. The van der Waals surface area contributed by atoms with Gasteiger partial charge in [-0.25, -0.2) is 4.79 Å². The van der Waals surface area contributed by atoms with E-state index in [1.54, 1.807) is 6.07 Å². The number of benzene rings is 2. The van der Waals surface area contributed by atoms with Gasteiger partial charge in [-0.1, -0.05) is 6.07 Å². The summed E-state index contributed by atoms with van der Waals surface area (Å²) >= 11 is 0. The average molecular weight is 341 g/mol. The van der Waals surface area contributed by atoms with Gasteiger partial charge >= 0.3 is 5.97 Å². The minimum atomic E-state index is -1.10. The third-order valence-corrected chi connectivity index (χ3v) is 3.72. The summed E-state index contributed by atoms with van der Waals surface area (Å²) in [6.45, 7) is -0.191. The van der Waals surface area contributed by atoms with Crippen LogP contribution in [0.3, 0.4) is 0 Å². The molecule has 1 aliphatic heterocycles. The molecule has 2 aromatic rings. The van der Waals surface area contributed by atoms with Crippen molar-refractivity contribution in [3.8, 4) is 0 Å². The first-order chi connectivity index (χ1) is 11.9. The summed E-state index contributed by atoms with van der Waals surface area (Å²) in [6, 6.07) is 9.38. The number of nitrogens with zero attached hydrogens (tertiary/aromatic N) is 2. The summed E-state index contributed by atoms with van der Waals surface area (Å²) in [5.41, 5.74) is 0.270. The van der Waals surface area contributed by atoms with Crippen molar-refractivity contribution < 1.29 is 24.4 Å². The molecular weight excluding hydrogens is 330 g/mol. The SMILES string of the molecule is O=C(O)c1cccc(NCN2C(=O)c3ccc([N+](=O)[O-])cc3C2=O)c1. The van der Waals surface area contributed by atoms with E-state index in [1.807, 2.05) is 0 Å². The molecule has 1 heterocycles. The van der Waals surface area contributed by atoms with Crippen LogP contribution in [0.4, 0.5) is 11.4 Å². The predicted molar refractivity (Wildman–Crippen MR) is 85.5 cm³/mol. The maximum atomic E-state index is 12.3. The molecule has 0 spiro atoms. The topological polar surface area (TPSA) is 130 Å². The van der Waals surface area contributed by atoms with Gasteiger partial charge in [0.15, 0.2) is 0 Å². The maximum absolute atomic E-state index is 12.3. The summed E-state index contributed by atoms with van der Waals surface area (Å²) < 4.78 is 0. The number of hydrogen-bond acceptors (Lipinski definition) is 6. The normalized spacial score (nSPS) is 12.9. The lowest BCUT2D eigenvalue weighted by Crippen LogP contribution is -2.34. The zero-order valence-electron chi connectivity index (χ0n) is 12.6. The summed E-state index contributed by atoms with van der Waals surface area (Å²) in [5, 5.41) is 22.6. The van der Waals surface area contributed by atoms with Crippen LogP contribution in [-0.4, -0.2) is 39.4 Å². The lowest BCUT2D eigenvalue weighted by Gasteiger charge is -2.15. The number of carboxylic acid groups (broad SMARTS) is 1. The fourth-order valence-electron chi connectivity index (χ4n) is 2.47. The van der Waals surface area contributed by atoms with Crippen LogP contribution < -0.4 is 5.32 Å². The van der Waals surface area contributed by atoms with Gasteiger partial charge < -0.3 is 10.4 Å². The third kappa shape index (κ3) is 2.90. The van der Waals surface area contributed by atoms with Gasteiger partial charge in [0.2, 0.25) is 0 Å². The van der Waals surface area contributed by atoms with Crippen LogP contribution in [0.5, 0.6) is 0 Å². The fourth-order valence-corrected chi connectivity index (χ4v) is 2.47. The van der Waals surface area contributed by atoms with Crippen molar-refractivity contribution in [1.82, 2.24) is 4.90 Å². The van der Waals surface area contributed by atoms with E-state index in [0.717, 1.165) is 17.0 Å². The van der Waals surface area contributed by atoms with Crippen molar-refractivity contribution in [1.29, 1.82) is 0 Å². The number of carbonyl (C=O) groups is 3. The van der Waals surface area contributed by atoms with Gasteiger partial charge in [0.1, 0.15) is 0 Å². The quantitative estimate of drug-likeness (QED) is 0.483. The Morgan fingerprint density at radius 1 is 1.12 bits per heavy atom. The molecule has 3 rings (SSSR count). The monoisotopic (exact) mass is 341 g/mol. The lowest BCUT2D eigenvalue weighted by molar-refractivity contribution is -0.384. The molecule has 0 aliphatic carbocycles. The number of carbonyl (C=O) groups excluding carboxylic acids is 2. The van der Waals surface area contributed by atoms with E-state index in [-0.39, 0.29) is 29.0 Å². The van der Waals surface area contributed by atoms with Gasteiger partial charge in [0, 0.05) is 17.8 Å². The Bertz CT molecular complexity index is 924. The highest BCUT2D eigenvalue weighted by Gasteiger charge is 2.36. The molecule has 0 fully saturated rings. The number of nitrogens with one attached hydrogen (secondary N) is 1. The highest BCUT2D eigenvalue weighted by molar-refractivity contribution is 6.21. The Morgan fingerprint density at radius 2 is 1.84 bits per heavy atom. The van der Waals surface area contributed by atoms with Gasteiger partial charge in [0.05, 0.1) is 28.3 Å². The standard InChI is InChI=1S/C16H11N3O6/c20-14-12-5-4-11(19(24)25)7-13(12)15(21)18(14)8-17-10-3-1-2-9(6-10)16(22)23/h1-7,17H,8H2,(H,22,23). The first-order valence-electron chi connectivity index (χ1n) is 7.10. The van der Waals surface area contributed by atoms with Crippen molar-refractivity contribution in [2.75, 3.05) is 12.0 Å². The van der Waals surface area contributed by atoms with E-state index in [0.29, 0.717) is 5.69 Å². The number of hydrogen-bond donors (Lipinski definition) is 2. The second kappa shape index (κ2) is 6.04. The number of amides is 2. The van der Waals surface area contributed by atoms with Crippen LogP contribution in [0.15, 0.2) is 42.5 Å². The van der Waals surface area contributed by atoms with E-state index in [2.05, 4.69) is 5.32 Å². The van der Waals surface area contributed by atoms with E-state index < -0.39 is 22.7 Å². The summed E-state index contributed by atoms with van der Waals surface area (Å²) in [6.07, 6.45) is 0. The Kier molecular flexibility index (Phi) is 3.89. The number of aromatic carboxylic acids is 1. The van der Waals surface area contributed by atoms with Crippen molar-refractivity contribution in [2.24, 2.45) is 0 Å². The van der Waals surface area contributed by atoms with Gasteiger partial charge in [0.25, 0.3) is 17.5 Å². The molecule has 2 N–H and O–H groups in total. The first-order valence-corrected chi connectivity index (χ1v) is 7.10. The maximum Gasteiger partial charge on any atom is 0.335 e. The van der Waals surface area contributed by atoms with Gasteiger partial charge in [-0.2, -0.15) is 0 Å². The number of rotatable bonds is 5. The molecule has 0 bridgehead atoms. The fraction of sp³-hybridized carbons (Fsp3) is 0.0625. The van der Waals surface area contributed by atoms with Crippen LogP contribution in [-0.2, 0) is 0 Å². The Hall–Kier alpha value is -3.75. The summed E-state index contributed by atoms with van der Waals surface area (Å²) in [5.74, 6) is -2.32. The summed E-state index contributed by atoms with van der Waals surface area (Å²) in [7, 11) is 0. The van der Waals surface area contributed by atoms with E-state index in [1.165, 1.54) is 24.3 Å². The molecule has 0 saturated carbocycles. The molecule has 9 heteroatoms. The summed E-state index contributed by atoms with van der Waals surface area (Å²) in [4.78, 5) is 46.6. The van der Waals surface area contributed by atoms with Crippen molar-refractivity contribution in [3.63, 3.8) is 0 Å². The van der Waals surface area contributed by atoms with Gasteiger partial charge in [-0.15, -0.1) is 0 Å². The van der Waals surface area contributed by atoms with Gasteiger partial charge in [-0.3, -0.25) is 24.6 Å². The Morgan fingerprint density at radius 3 is 2.52 bits per heavy atom. The minimum Gasteiger partial charge on any atom is -0.478 e. The predicted octanol–water partition coefficient (Wildman–Crippen LogP) is 1.96. The number of carboxylic acids is 1. The Labute approximate surface area is 140 Å². The highest BCUT2D eigenvalue weighted by atomic mass is 16.6. The Balaban J connectivity index is 1.79. The minimum absolute atomic E-state index is 0.0275. The average Bonchev–Trinajstić information content (AvgIpc) is 2.83. The zero-order valence-corrected chi connectivity index (χ0v) is 12.6. The number of imide groups is 1. The third-order valence-electron chi connectivity index (χ3n) is 3.72. The van der Waals surface area contributed by atoms with Gasteiger partial charge in [-0.05, 0) is 24.3 Å². The molecule has 0 saturated heterocycles. The molecular formula is C16H11N3O6. The highest BCUT2D eigenvalue weighted by Crippen LogP contribution is 2.26. The van der Waals surface area contributed by atoms with Crippen LogP contribution in [0.1, 0.15) is 31.1 Å². The lowest BCUT2D eigenvalue weighted by atomic mass is 10.1. The number of nitro benzene ring substituents is 1. The molecule has 0 atom stereocenters. The second-order valence-corrected chi connectivity index (χ2v) is 5.25. The smallest absolute Gasteiger partial charge is 0.335 e. The van der Waals surface area contributed by atoms with E-state index in [4.69, 9.17) is 5.11 Å². The largest absolute Gasteiger partial charge is 0.478 e. The zero-order chi connectivity index (χ0) is 18.1. The second-order valence-electron chi connectivity index (χ2n) is 5.25. The van der Waals surface area contributed by atoms with E-state index in [9.17, 15) is 24.5 Å². The van der Waals surface area contributed by atoms with Crippen molar-refractivity contribution >= 4 is 29.2 Å². The van der Waals surface area contributed by atoms with Crippen LogP contribution in [0.25, 0.3) is 0 Å². The molecule has 25 heavy (non-hydrogen) atoms. The number of nitro groups is 1. The molecule has 0 aromatic heterocycles. The van der Waals surface area contributed by atoms with Crippen molar-refractivity contribution in [2.45, 2.75) is 0 Å². The molecule has 0 radical (unpaired) electrons. The molecule has 126 valence electrons. The first kappa shape index (κ1) is 16.1.